The number of nitrogens with one attached hydrogen (secondary N) is 1. The van der Waals surface area contributed by atoms with Crippen LogP contribution in [0.25, 0.3) is 11.3 Å². The SMILES string of the molecule is C=C(C)/C=C(/N)c1cc(NC(=O)c2ccccc2COc2ccc(C(/C=C\C)=C/C)cc2)ccc1C. The van der Waals surface area contributed by atoms with Gasteiger partial charge < -0.3 is 15.8 Å². The van der Waals surface area contributed by atoms with Crippen LogP contribution in [0.2, 0.25) is 0 Å². The molecule has 4 nitrogen and oxygen atoms in total. The van der Waals surface area contributed by atoms with E-state index in [-0.39, 0.29) is 12.5 Å². The van der Waals surface area contributed by atoms with E-state index in [9.17, 15) is 4.79 Å². The monoisotopic (exact) mass is 478 g/mol. The Morgan fingerprint density at radius 1 is 1.03 bits per heavy atom. The number of hydrogen-bond acceptors (Lipinski definition) is 3. The number of rotatable bonds is 9. The van der Waals surface area contributed by atoms with Crippen LogP contribution in [0.4, 0.5) is 5.69 Å². The first kappa shape index (κ1) is 26.3. The minimum absolute atomic E-state index is 0.203. The quantitative estimate of drug-likeness (QED) is 0.310. The van der Waals surface area contributed by atoms with Gasteiger partial charge in [-0.25, -0.2) is 0 Å². The number of aryl methyl sites for hydroxylation is 1. The molecule has 0 bridgehead atoms. The van der Waals surface area contributed by atoms with Crippen molar-refractivity contribution in [3.63, 3.8) is 0 Å². The minimum atomic E-state index is -0.203. The lowest BCUT2D eigenvalue weighted by molar-refractivity contribution is 0.102. The van der Waals surface area contributed by atoms with Crippen LogP contribution in [0.3, 0.4) is 0 Å². The summed E-state index contributed by atoms with van der Waals surface area (Å²) in [6, 6.07) is 21.1. The first-order valence-corrected chi connectivity index (χ1v) is 12.0. The maximum Gasteiger partial charge on any atom is 0.256 e. The van der Waals surface area contributed by atoms with E-state index in [1.807, 2.05) is 101 Å². The number of amides is 1. The van der Waals surface area contributed by atoms with E-state index in [1.165, 1.54) is 0 Å². The zero-order chi connectivity index (χ0) is 26.1. The van der Waals surface area contributed by atoms with E-state index >= 15 is 0 Å². The van der Waals surface area contributed by atoms with Crippen molar-refractivity contribution in [2.75, 3.05) is 5.32 Å². The third kappa shape index (κ3) is 6.86. The van der Waals surface area contributed by atoms with E-state index in [4.69, 9.17) is 10.5 Å². The van der Waals surface area contributed by atoms with Crippen molar-refractivity contribution >= 4 is 22.9 Å². The molecule has 0 spiro atoms. The van der Waals surface area contributed by atoms with Crippen LogP contribution in [0.15, 0.2) is 103 Å². The molecule has 0 aromatic heterocycles. The fourth-order valence-corrected chi connectivity index (χ4v) is 3.86. The molecule has 0 aliphatic carbocycles. The van der Waals surface area contributed by atoms with Crippen molar-refractivity contribution in [2.24, 2.45) is 5.73 Å². The van der Waals surface area contributed by atoms with Crippen LogP contribution < -0.4 is 15.8 Å². The van der Waals surface area contributed by atoms with E-state index in [0.717, 1.165) is 39.1 Å². The summed E-state index contributed by atoms with van der Waals surface area (Å²) in [5.74, 6) is 0.540. The molecule has 0 fully saturated rings. The van der Waals surface area contributed by atoms with Gasteiger partial charge in [-0.15, -0.1) is 0 Å². The van der Waals surface area contributed by atoms with Gasteiger partial charge in [0.2, 0.25) is 0 Å². The van der Waals surface area contributed by atoms with Crippen molar-refractivity contribution in [1.82, 2.24) is 0 Å². The Bertz CT molecular complexity index is 1330. The van der Waals surface area contributed by atoms with Gasteiger partial charge in [0.25, 0.3) is 5.91 Å². The number of carbonyl (C=O) groups excluding carboxylic acids is 1. The van der Waals surface area contributed by atoms with Gasteiger partial charge in [-0.05, 0) is 80.8 Å². The van der Waals surface area contributed by atoms with Gasteiger partial charge in [0, 0.05) is 28.1 Å². The number of ether oxygens (including phenoxy) is 1. The van der Waals surface area contributed by atoms with Crippen molar-refractivity contribution in [3.8, 4) is 5.75 Å². The summed E-state index contributed by atoms with van der Waals surface area (Å²) in [5, 5.41) is 3.00. The fraction of sp³-hybridized carbons (Fsp3) is 0.156. The van der Waals surface area contributed by atoms with Gasteiger partial charge in [0.1, 0.15) is 12.4 Å². The average Bonchev–Trinajstić information content (AvgIpc) is 2.87. The third-order valence-electron chi connectivity index (χ3n) is 5.71. The van der Waals surface area contributed by atoms with Crippen LogP contribution in [0, 0.1) is 6.92 Å². The third-order valence-corrected chi connectivity index (χ3v) is 5.71. The van der Waals surface area contributed by atoms with E-state index in [2.05, 4.69) is 24.0 Å². The van der Waals surface area contributed by atoms with E-state index < -0.39 is 0 Å². The highest BCUT2D eigenvalue weighted by Crippen LogP contribution is 2.23. The highest BCUT2D eigenvalue weighted by molar-refractivity contribution is 6.05. The molecule has 3 N–H and O–H groups in total. The molecule has 1 amide bonds. The molecule has 184 valence electrons. The molecule has 3 rings (SSSR count). The number of hydrogen-bond donors (Lipinski definition) is 2. The van der Waals surface area contributed by atoms with Gasteiger partial charge in [-0.3, -0.25) is 4.79 Å². The van der Waals surface area contributed by atoms with Crippen molar-refractivity contribution < 1.29 is 9.53 Å². The maximum absolute atomic E-state index is 13.2. The van der Waals surface area contributed by atoms with Crippen molar-refractivity contribution in [3.05, 3.63) is 131 Å². The average molecular weight is 479 g/mol. The molecule has 0 saturated heterocycles. The number of carbonyl (C=O) groups is 1. The summed E-state index contributed by atoms with van der Waals surface area (Å²) in [5.41, 5.74) is 13.9. The topological polar surface area (TPSA) is 64.3 Å². The Morgan fingerprint density at radius 2 is 1.75 bits per heavy atom. The van der Waals surface area contributed by atoms with Crippen LogP contribution in [-0.4, -0.2) is 5.91 Å². The standard InChI is InChI=1S/C32H34N2O2/c1-6-10-24(7-2)25-14-17-28(18-15-25)36-21-26-11-8-9-12-29(26)32(35)34-27-16-13-23(5)30(20-27)31(33)19-22(3)4/h6-20H,3,21,33H2,1-2,4-5H3,(H,34,35)/b10-6-,24-7+,31-19+. The lowest BCUT2D eigenvalue weighted by Crippen LogP contribution is -2.15. The summed E-state index contributed by atoms with van der Waals surface area (Å²) in [4.78, 5) is 13.2. The predicted octanol–water partition coefficient (Wildman–Crippen LogP) is 7.68. The van der Waals surface area contributed by atoms with Gasteiger partial charge in [0.05, 0.1) is 0 Å². The molecule has 0 radical (unpaired) electrons. The van der Waals surface area contributed by atoms with Crippen molar-refractivity contribution in [2.45, 2.75) is 34.3 Å². The Morgan fingerprint density at radius 3 is 2.42 bits per heavy atom. The summed E-state index contributed by atoms with van der Waals surface area (Å²) in [6.07, 6.45) is 8.00. The van der Waals surface area contributed by atoms with Gasteiger partial charge in [-0.2, -0.15) is 0 Å². The van der Waals surface area contributed by atoms with Gasteiger partial charge in [0.15, 0.2) is 0 Å². The highest BCUT2D eigenvalue weighted by atomic mass is 16.5. The smallest absolute Gasteiger partial charge is 0.256 e. The largest absolute Gasteiger partial charge is 0.489 e. The van der Waals surface area contributed by atoms with E-state index in [1.54, 1.807) is 6.07 Å². The summed E-state index contributed by atoms with van der Waals surface area (Å²) in [7, 11) is 0. The van der Waals surface area contributed by atoms with Gasteiger partial charge >= 0.3 is 0 Å². The first-order chi connectivity index (χ1) is 17.3. The second kappa shape index (κ2) is 12.4. The Balaban J connectivity index is 1.74. The second-order valence-corrected chi connectivity index (χ2v) is 8.64. The molecule has 4 heteroatoms. The molecule has 3 aromatic carbocycles. The normalized spacial score (nSPS) is 12.0. The highest BCUT2D eigenvalue weighted by Gasteiger charge is 2.13. The number of allylic oxidation sites excluding steroid dienone is 6. The molecule has 0 heterocycles. The molecule has 0 atom stereocenters. The van der Waals surface area contributed by atoms with Crippen LogP contribution in [-0.2, 0) is 6.61 Å². The Labute approximate surface area is 214 Å². The zero-order valence-electron chi connectivity index (χ0n) is 21.5. The number of anilines is 1. The summed E-state index contributed by atoms with van der Waals surface area (Å²) >= 11 is 0. The second-order valence-electron chi connectivity index (χ2n) is 8.64. The van der Waals surface area contributed by atoms with Crippen LogP contribution in [0.1, 0.15) is 53.4 Å². The number of nitrogens with two attached hydrogens (primary N) is 1. The molecule has 36 heavy (non-hydrogen) atoms. The predicted molar refractivity (Wildman–Crippen MR) is 152 cm³/mol. The summed E-state index contributed by atoms with van der Waals surface area (Å²) < 4.78 is 6.01. The maximum atomic E-state index is 13.2. The lowest BCUT2D eigenvalue weighted by Gasteiger charge is -2.14. The zero-order valence-corrected chi connectivity index (χ0v) is 21.5. The molecule has 0 unspecified atom stereocenters. The molecular formula is C32H34N2O2. The Hall–Kier alpha value is -4.31. The van der Waals surface area contributed by atoms with Crippen LogP contribution >= 0.6 is 0 Å². The van der Waals surface area contributed by atoms with Crippen molar-refractivity contribution in [1.29, 1.82) is 0 Å². The Kier molecular flexibility index (Phi) is 9.07. The van der Waals surface area contributed by atoms with Crippen LogP contribution in [0.5, 0.6) is 5.75 Å². The number of benzene rings is 3. The first-order valence-electron chi connectivity index (χ1n) is 12.0. The molecular weight excluding hydrogens is 444 g/mol. The fourth-order valence-electron chi connectivity index (χ4n) is 3.86. The lowest BCUT2D eigenvalue weighted by atomic mass is 10.0. The van der Waals surface area contributed by atoms with Gasteiger partial charge in [-0.1, -0.05) is 66.8 Å². The van der Waals surface area contributed by atoms with E-state index in [0.29, 0.717) is 16.9 Å². The molecule has 0 aliphatic rings. The summed E-state index contributed by atoms with van der Waals surface area (Å²) in [6.45, 7) is 12.1. The molecule has 0 saturated carbocycles. The minimum Gasteiger partial charge on any atom is -0.489 e. The molecule has 3 aromatic rings. The molecule has 0 aliphatic heterocycles.